The molecule has 0 spiro atoms. The standard InChI is InChI=1S/C19H29N3O2/c1-2-9-22-10-7-17(8-11-22)21-19(23)20-13-15-12-16-5-3-4-6-18(16)24-14-15/h3-6,15,17H,2,7-14H2,1H3,(H2,20,21,23)/t15-/m0/s1. The lowest BCUT2D eigenvalue weighted by Gasteiger charge is -2.32. The number of fused-ring (bicyclic) bond motifs is 1. The third-order valence-corrected chi connectivity index (χ3v) is 4.97. The number of rotatable bonds is 5. The molecule has 24 heavy (non-hydrogen) atoms. The fourth-order valence-electron chi connectivity index (χ4n) is 3.61. The van der Waals surface area contributed by atoms with Crippen molar-refractivity contribution in [1.29, 1.82) is 0 Å². The molecule has 0 bridgehead atoms. The Kier molecular flexibility index (Phi) is 5.96. The zero-order valence-electron chi connectivity index (χ0n) is 14.6. The maximum absolute atomic E-state index is 12.1. The number of carbonyl (C=O) groups excluding carboxylic acids is 1. The molecule has 1 atom stereocenters. The van der Waals surface area contributed by atoms with Crippen molar-refractivity contribution in [2.45, 2.75) is 38.6 Å². The van der Waals surface area contributed by atoms with Gasteiger partial charge in [-0.3, -0.25) is 0 Å². The number of ether oxygens (including phenoxy) is 1. The average molecular weight is 331 g/mol. The van der Waals surface area contributed by atoms with E-state index in [-0.39, 0.29) is 6.03 Å². The first-order valence-electron chi connectivity index (χ1n) is 9.22. The lowest BCUT2D eigenvalue weighted by molar-refractivity contribution is 0.188. The van der Waals surface area contributed by atoms with Crippen LogP contribution in [0.25, 0.3) is 0 Å². The average Bonchev–Trinajstić information content (AvgIpc) is 2.62. The number of benzene rings is 1. The van der Waals surface area contributed by atoms with Gasteiger partial charge >= 0.3 is 6.03 Å². The zero-order valence-corrected chi connectivity index (χ0v) is 14.6. The number of urea groups is 1. The summed E-state index contributed by atoms with van der Waals surface area (Å²) in [5, 5.41) is 6.15. The number of hydrogen-bond donors (Lipinski definition) is 2. The monoisotopic (exact) mass is 331 g/mol. The van der Waals surface area contributed by atoms with Gasteiger partial charge in [-0.15, -0.1) is 0 Å². The van der Waals surface area contributed by atoms with Crippen LogP contribution in [0.1, 0.15) is 31.7 Å². The molecule has 2 N–H and O–H groups in total. The molecule has 0 aromatic heterocycles. The smallest absolute Gasteiger partial charge is 0.315 e. The number of nitrogens with one attached hydrogen (secondary N) is 2. The SMILES string of the molecule is CCCN1CCC(NC(=O)NC[C@H]2COc3ccccc3C2)CC1. The van der Waals surface area contributed by atoms with Crippen molar-refractivity contribution in [3.8, 4) is 5.75 Å². The van der Waals surface area contributed by atoms with Crippen molar-refractivity contribution >= 4 is 6.03 Å². The van der Waals surface area contributed by atoms with Gasteiger partial charge in [0.25, 0.3) is 0 Å². The van der Waals surface area contributed by atoms with E-state index < -0.39 is 0 Å². The van der Waals surface area contributed by atoms with E-state index in [1.165, 1.54) is 18.5 Å². The van der Waals surface area contributed by atoms with Crippen molar-refractivity contribution in [3.63, 3.8) is 0 Å². The summed E-state index contributed by atoms with van der Waals surface area (Å²) in [7, 11) is 0. The van der Waals surface area contributed by atoms with E-state index in [0.717, 1.165) is 38.1 Å². The molecular formula is C19H29N3O2. The number of nitrogens with zero attached hydrogens (tertiary/aromatic N) is 1. The maximum Gasteiger partial charge on any atom is 0.315 e. The van der Waals surface area contributed by atoms with Gasteiger partial charge in [-0.25, -0.2) is 4.79 Å². The van der Waals surface area contributed by atoms with Crippen molar-refractivity contribution in [1.82, 2.24) is 15.5 Å². The molecule has 2 aliphatic heterocycles. The summed E-state index contributed by atoms with van der Waals surface area (Å²) in [6.45, 7) is 6.90. The van der Waals surface area contributed by atoms with Crippen LogP contribution in [0.4, 0.5) is 4.79 Å². The quantitative estimate of drug-likeness (QED) is 0.871. The minimum Gasteiger partial charge on any atom is -0.493 e. The first-order chi connectivity index (χ1) is 11.7. The molecule has 1 saturated heterocycles. The van der Waals surface area contributed by atoms with Crippen LogP contribution in [0.15, 0.2) is 24.3 Å². The number of amides is 2. The predicted octanol–water partition coefficient (Wildman–Crippen LogP) is 2.41. The predicted molar refractivity (Wildman–Crippen MR) is 95.4 cm³/mol. The Morgan fingerprint density at radius 3 is 2.88 bits per heavy atom. The highest BCUT2D eigenvalue weighted by atomic mass is 16.5. The molecule has 2 heterocycles. The molecule has 0 unspecified atom stereocenters. The molecule has 2 amide bonds. The van der Waals surface area contributed by atoms with Crippen LogP contribution in [-0.4, -0.2) is 49.8 Å². The van der Waals surface area contributed by atoms with Crippen molar-refractivity contribution < 1.29 is 9.53 Å². The summed E-state index contributed by atoms with van der Waals surface area (Å²) in [6.07, 6.45) is 4.26. The first kappa shape index (κ1) is 17.1. The van der Waals surface area contributed by atoms with Crippen LogP contribution < -0.4 is 15.4 Å². The molecule has 5 nitrogen and oxygen atoms in total. The lowest BCUT2D eigenvalue weighted by Crippen LogP contribution is -2.49. The minimum atomic E-state index is -0.0391. The summed E-state index contributed by atoms with van der Waals surface area (Å²) in [5.41, 5.74) is 1.24. The Morgan fingerprint density at radius 1 is 1.29 bits per heavy atom. The first-order valence-corrected chi connectivity index (χ1v) is 9.22. The fourth-order valence-corrected chi connectivity index (χ4v) is 3.61. The maximum atomic E-state index is 12.1. The summed E-state index contributed by atoms with van der Waals surface area (Å²) in [4.78, 5) is 14.6. The van der Waals surface area contributed by atoms with E-state index in [1.54, 1.807) is 0 Å². The Hall–Kier alpha value is -1.75. The van der Waals surface area contributed by atoms with E-state index >= 15 is 0 Å². The minimum absolute atomic E-state index is 0.0391. The van der Waals surface area contributed by atoms with E-state index in [0.29, 0.717) is 25.1 Å². The molecule has 1 aromatic rings. The lowest BCUT2D eigenvalue weighted by atomic mass is 9.97. The normalized spacial score (nSPS) is 21.6. The van der Waals surface area contributed by atoms with E-state index in [2.05, 4.69) is 28.5 Å². The Bertz CT molecular complexity index is 541. The van der Waals surface area contributed by atoms with Crippen LogP contribution in [0.5, 0.6) is 5.75 Å². The third kappa shape index (κ3) is 4.63. The summed E-state index contributed by atoms with van der Waals surface area (Å²) >= 11 is 0. The van der Waals surface area contributed by atoms with Crippen LogP contribution >= 0.6 is 0 Å². The molecule has 5 heteroatoms. The number of carbonyl (C=O) groups is 1. The topological polar surface area (TPSA) is 53.6 Å². The molecule has 2 aliphatic rings. The van der Waals surface area contributed by atoms with Crippen molar-refractivity contribution in [2.24, 2.45) is 5.92 Å². The molecule has 0 radical (unpaired) electrons. The molecule has 132 valence electrons. The van der Waals surface area contributed by atoms with Crippen LogP contribution in [0.2, 0.25) is 0 Å². The van der Waals surface area contributed by atoms with Gasteiger partial charge in [0.05, 0.1) is 6.61 Å². The Labute approximate surface area is 144 Å². The van der Waals surface area contributed by atoms with Gasteiger partial charge in [0.1, 0.15) is 5.75 Å². The summed E-state index contributed by atoms with van der Waals surface area (Å²) in [5.74, 6) is 1.33. The largest absolute Gasteiger partial charge is 0.493 e. The highest BCUT2D eigenvalue weighted by Gasteiger charge is 2.22. The Morgan fingerprint density at radius 2 is 2.08 bits per heavy atom. The number of hydrogen-bond acceptors (Lipinski definition) is 3. The van der Waals surface area contributed by atoms with Gasteiger partial charge in [-0.2, -0.15) is 0 Å². The van der Waals surface area contributed by atoms with Crippen LogP contribution in [-0.2, 0) is 6.42 Å². The molecule has 0 aliphatic carbocycles. The van der Waals surface area contributed by atoms with E-state index in [1.807, 2.05) is 18.2 Å². The number of likely N-dealkylation sites (tertiary alicyclic amines) is 1. The Balaban J connectivity index is 1.36. The van der Waals surface area contributed by atoms with Crippen LogP contribution in [0.3, 0.4) is 0 Å². The van der Waals surface area contributed by atoms with Gasteiger partial charge in [0, 0.05) is 31.6 Å². The number of para-hydroxylation sites is 1. The molecule has 1 aromatic carbocycles. The van der Waals surface area contributed by atoms with Gasteiger partial charge in [0.15, 0.2) is 0 Å². The second kappa shape index (κ2) is 8.38. The van der Waals surface area contributed by atoms with Crippen molar-refractivity contribution in [3.05, 3.63) is 29.8 Å². The molecule has 3 rings (SSSR count). The molecule has 0 saturated carbocycles. The van der Waals surface area contributed by atoms with E-state index in [9.17, 15) is 4.79 Å². The summed E-state index contributed by atoms with van der Waals surface area (Å²) in [6, 6.07) is 8.42. The second-order valence-electron chi connectivity index (χ2n) is 6.96. The van der Waals surface area contributed by atoms with Crippen LogP contribution in [0, 0.1) is 5.92 Å². The van der Waals surface area contributed by atoms with Gasteiger partial charge in [-0.1, -0.05) is 25.1 Å². The fraction of sp³-hybridized carbons (Fsp3) is 0.632. The third-order valence-electron chi connectivity index (χ3n) is 4.97. The molecule has 1 fully saturated rings. The second-order valence-corrected chi connectivity index (χ2v) is 6.96. The van der Waals surface area contributed by atoms with E-state index in [4.69, 9.17) is 4.74 Å². The molecular weight excluding hydrogens is 302 g/mol. The highest BCUT2D eigenvalue weighted by Crippen LogP contribution is 2.26. The summed E-state index contributed by atoms with van der Waals surface area (Å²) < 4.78 is 5.78. The zero-order chi connectivity index (χ0) is 16.8. The number of piperidine rings is 1. The van der Waals surface area contributed by atoms with Gasteiger partial charge in [0.2, 0.25) is 0 Å². The highest BCUT2D eigenvalue weighted by molar-refractivity contribution is 5.74. The van der Waals surface area contributed by atoms with Crippen molar-refractivity contribution in [2.75, 3.05) is 32.8 Å². The van der Waals surface area contributed by atoms with Gasteiger partial charge < -0.3 is 20.3 Å². The van der Waals surface area contributed by atoms with Gasteiger partial charge in [-0.05, 0) is 43.9 Å².